The van der Waals surface area contributed by atoms with Gasteiger partial charge >= 0.3 is 0 Å². The number of aromatic nitrogens is 4. The van der Waals surface area contributed by atoms with Crippen LogP contribution in [0, 0.1) is 12.8 Å². The average molecular weight is 303 g/mol. The molecule has 0 saturated heterocycles. The van der Waals surface area contributed by atoms with Crippen molar-refractivity contribution < 1.29 is 9.21 Å². The van der Waals surface area contributed by atoms with Crippen LogP contribution in [0.3, 0.4) is 0 Å². The van der Waals surface area contributed by atoms with Crippen molar-refractivity contribution >= 4 is 5.91 Å². The van der Waals surface area contributed by atoms with Gasteiger partial charge in [0.25, 0.3) is 5.91 Å². The monoisotopic (exact) mass is 303 g/mol. The molecule has 118 valence electrons. The fourth-order valence-electron chi connectivity index (χ4n) is 2.60. The van der Waals surface area contributed by atoms with E-state index >= 15 is 0 Å². The van der Waals surface area contributed by atoms with E-state index in [1.54, 1.807) is 6.92 Å². The number of hydrogen-bond donors (Lipinski definition) is 1. The van der Waals surface area contributed by atoms with E-state index in [-0.39, 0.29) is 11.9 Å². The molecule has 1 aliphatic carbocycles. The van der Waals surface area contributed by atoms with Gasteiger partial charge in [-0.1, -0.05) is 6.92 Å². The zero-order valence-corrected chi connectivity index (χ0v) is 13.2. The first-order valence-corrected chi connectivity index (χ1v) is 7.78. The number of nitrogens with zero attached hydrogens (tertiary/aromatic N) is 4. The molecule has 0 aromatic carbocycles. The Hall–Kier alpha value is -2.18. The first kappa shape index (κ1) is 14.7. The molecule has 3 rings (SSSR count). The summed E-state index contributed by atoms with van der Waals surface area (Å²) in [6, 6.07) is -0.121. The van der Waals surface area contributed by atoms with Gasteiger partial charge in [-0.15, -0.1) is 0 Å². The largest absolute Gasteiger partial charge is 0.435 e. The Morgan fingerprint density at radius 3 is 2.86 bits per heavy atom. The second kappa shape index (κ2) is 5.90. The highest BCUT2D eigenvalue weighted by molar-refractivity contribution is 5.92. The van der Waals surface area contributed by atoms with Crippen LogP contribution >= 0.6 is 0 Å². The minimum absolute atomic E-state index is 0.121. The van der Waals surface area contributed by atoms with Crippen molar-refractivity contribution in [2.75, 3.05) is 0 Å². The van der Waals surface area contributed by atoms with E-state index in [1.165, 1.54) is 6.33 Å². The molecule has 0 aliphatic heterocycles. The van der Waals surface area contributed by atoms with Gasteiger partial charge in [-0.3, -0.25) is 4.79 Å². The first-order valence-electron chi connectivity index (χ1n) is 7.78. The molecule has 1 atom stereocenters. The smallest absolute Gasteiger partial charge is 0.289 e. The molecule has 22 heavy (non-hydrogen) atoms. The topological polar surface area (TPSA) is 85.8 Å². The molecule has 0 radical (unpaired) electrons. The lowest BCUT2D eigenvalue weighted by Gasteiger charge is -2.17. The zero-order valence-electron chi connectivity index (χ0n) is 13.2. The standard InChI is InChI=1S/C15H21N5O2/c1-4-11-18-9(3)13(22-11)15(21)19-12(10-6-7-10)14-16-8-17-20(14)5-2/h8,10,12H,4-7H2,1-3H3,(H,19,21). The molecule has 1 N–H and O–H groups in total. The lowest BCUT2D eigenvalue weighted by molar-refractivity contribution is 0.0897. The fraction of sp³-hybridized carbons (Fsp3) is 0.600. The van der Waals surface area contributed by atoms with E-state index in [2.05, 4.69) is 20.4 Å². The molecular formula is C15H21N5O2. The molecule has 0 bridgehead atoms. The molecule has 1 saturated carbocycles. The van der Waals surface area contributed by atoms with Crippen molar-refractivity contribution in [2.45, 2.75) is 52.6 Å². The molecule has 1 unspecified atom stereocenters. The molecule has 2 heterocycles. The van der Waals surface area contributed by atoms with Crippen molar-refractivity contribution in [2.24, 2.45) is 5.92 Å². The second-order valence-electron chi connectivity index (χ2n) is 5.60. The Kier molecular flexibility index (Phi) is 3.96. The summed E-state index contributed by atoms with van der Waals surface area (Å²) in [5.74, 6) is 1.89. The Labute approximate surface area is 129 Å². The van der Waals surface area contributed by atoms with Crippen molar-refractivity contribution in [3.8, 4) is 0 Å². The van der Waals surface area contributed by atoms with Crippen LogP contribution in [0.5, 0.6) is 0 Å². The SMILES string of the molecule is CCc1nc(C)c(C(=O)NC(c2ncnn2CC)C2CC2)o1. The minimum atomic E-state index is -0.229. The van der Waals surface area contributed by atoms with Gasteiger partial charge < -0.3 is 9.73 Å². The van der Waals surface area contributed by atoms with Gasteiger partial charge in [0.1, 0.15) is 12.2 Å². The number of aryl methyl sites for hydroxylation is 3. The van der Waals surface area contributed by atoms with E-state index < -0.39 is 0 Å². The molecule has 2 aromatic rings. The molecule has 2 aromatic heterocycles. The van der Waals surface area contributed by atoms with E-state index in [0.717, 1.165) is 25.2 Å². The van der Waals surface area contributed by atoms with Gasteiger partial charge in [-0.25, -0.2) is 14.6 Å². The number of nitrogens with one attached hydrogen (secondary N) is 1. The summed E-state index contributed by atoms with van der Waals surface area (Å²) in [7, 11) is 0. The van der Waals surface area contributed by atoms with Gasteiger partial charge in [0.15, 0.2) is 5.89 Å². The van der Waals surface area contributed by atoms with Crippen molar-refractivity contribution in [1.82, 2.24) is 25.1 Å². The van der Waals surface area contributed by atoms with E-state index in [4.69, 9.17) is 4.42 Å². The highest BCUT2D eigenvalue weighted by Crippen LogP contribution is 2.40. The third kappa shape index (κ3) is 2.75. The maximum absolute atomic E-state index is 12.5. The molecule has 7 heteroatoms. The third-order valence-electron chi connectivity index (χ3n) is 3.95. The van der Waals surface area contributed by atoms with E-state index in [9.17, 15) is 4.79 Å². The predicted octanol–water partition coefficient (Wildman–Crippen LogP) is 2.04. The molecule has 7 nitrogen and oxygen atoms in total. The number of carbonyl (C=O) groups excluding carboxylic acids is 1. The Balaban J connectivity index is 1.82. The molecule has 1 fully saturated rings. The van der Waals surface area contributed by atoms with Crippen molar-refractivity contribution in [3.05, 3.63) is 29.5 Å². The summed E-state index contributed by atoms with van der Waals surface area (Å²) in [4.78, 5) is 21.1. The van der Waals surface area contributed by atoms with E-state index in [1.807, 2.05) is 18.5 Å². The predicted molar refractivity (Wildman–Crippen MR) is 79.2 cm³/mol. The Bertz CT molecular complexity index is 671. The Morgan fingerprint density at radius 2 is 2.27 bits per heavy atom. The summed E-state index contributed by atoms with van der Waals surface area (Å²) in [5.41, 5.74) is 0.626. The average Bonchev–Trinajstić information content (AvgIpc) is 3.12. The quantitative estimate of drug-likeness (QED) is 0.882. The summed E-state index contributed by atoms with van der Waals surface area (Å²) in [6.45, 7) is 6.48. The highest BCUT2D eigenvalue weighted by Gasteiger charge is 2.37. The second-order valence-corrected chi connectivity index (χ2v) is 5.60. The maximum atomic E-state index is 12.5. The van der Waals surface area contributed by atoms with Gasteiger partial charge in [0.2, 0.25) is 5.76 Å². The zero-order chi connectivity index (χ0) is 15.7. The van der Waals surface area contributed by atoms with Crippen molar-refractivity contribution in [1.29, 1.82) is 0 Å². The van der Waals surface area contributed by atoms with Gasteiger partial charge in [-0.2, -0.15) is 5.10 Å². The lowest BCUT2D eigenvalue weighted by atomic mass is 10.1. The van der Waals surface area contributed by atoms with Gasteiger partial charge in [0.05, 0.1) is 11.7 Å². The highest BCUT2D eigenvalue weighted by atomic mass is 16.4. The number of carbonyl (C=O) groups is 1. The van der Waals surface area contributed by atoms with Crippen LogP contribution < -0.4 is 5.32 Å². The number of hydrogen-bond acceptors (Lipinski definition) is 5. The molecular weight excluding hydrogens is 282 g/mol. The summed E-state index contributed by atoms with van der Waals surface area (Å²) in [5, 5.41) is 7.25. The lowest BCUT2D eigenvalue weighted by Crippen LogP contribution is -2.32. The first-order chi connectivity index (χ1) is 10.6. The van der Waals surface area contributed by atoms with Crippen LogP contribution in [0.2, 0.25) is 0 Å². The summed E-state index contributed by atoms with van der Waals surface area (Å²) < 4.78 is 7.36. The number of oxazole rings is 1. The van der Waals surface area contributed by atoms with Crippen LogP contribution in [0.4, 0.5) is 0 Å². The summed E-state index contributed by atoms with van der Waals surface area (Å²) in [6.07, 6.45) is 4.40. The number of amides is 1. The normalized spacial score (nSPS) is 15.8. The van der Waals surface area contributed by atoms with Crippen LogP contribution in [-0.2, 0) is 13.0 Å². The van der Waals surface area contributed by atoms with Crippen LogP contribution in [0.25, 0.3) is 0 Å². The number of rotatable bonds is 6. The molecule has 1 amide bonds. The third-order valence-corrected chi connectivity index (χ3v) is 3.95. The molecule has 1 aliphatic rings. The van der Waals surface area contributed by atoms with E-state index in [0.29, 0.717) is 29.7 Å². The Morgan fingerprint density at radius 1 is 1.50 bits per heavy atom. The van der Waals surface area contributed by atoms with Crippen LogP contribution in [-0.4, -0.2) is 25.7 Å². The summed E-state index contributed by atoms with van der Waals surface area (Å²) >= 11 is 0. The minimum Gasteiger partial charge on any atom is -0.435 e. The maximum Gasteiger partial charge on any atom is 0.289 e. The van der Waals surface area contributed by atoms with Crippen LogP contribution in [0.1, 0.15) is 60.7 Å². The fourth-order valence-corrected chi connectivity index (χ4v) is 2.60. The molecule has 0 spiro atoms. The van der Waals surface area contributed by atoms with Crippen LogP contribution in [0.15, 0.2) is 10.7 Å². The van der Waals surface area contributed by atoms with Crippen molar-refractivity contribution in [3.63, 3.8) is 0 Å². The van der Waals surface area contributed by atoms with Gasteiger partial charge in [-0.05, 0) is 32.6 Å². The van der Waals surface area contributed by atoms with Gasteiger partial charge in [0, 0.05) is 13.0 Å².